The van der Waals surface area contributed by atoms with Crippen molar-refractivity contribution in [3.63, 3.8) is 0 Å². The van der Waals surface area contributed by atoms with E-state index in [0.29, 0.717) is 17.8 Å². The van der Waals surface area contributed by atoms with E-state index in [-0.39, 0.29) is 12.0 Å². The third-order valence-electron chi connectivity index (χ3n) is 4.88. The van der Waals surface area contributed by atoms with Gasteiger partial charge >= 0.3 is 5.97 Å². The average Bonchev–Trinajstić information content (AvgIpc) is 2.22. The number of carbonyl (C=O) groups excluding carboxylic acids is 1. The van der Waals surface area contributed by atoms with Gasteiger partial charge in [0.2, 0.25) is 0 Å². The van der Waals surface area contributed by atoms with Crippen molar-refractivity contribution in [2.45, 2.75) is 50.5 Å². The molecular formula is C13H20O5S. The largest absolute Gasteiger partial charge is 0.459 e. The minimum Gasteiger partial charge on any atom is -0.459 e. The summed E-state index contributed by atoms with van der Waals surface area (Å²) in [7, 11) is -4.09. The van der Waals surface area contributed by atoms with Crippen LogP contribution in [0.15, 0.2) is 0 Å². The molecule has 6 heteroatoms. The van der Waals surface area contributed by atoms with E-state index in [2.05, 4.69) is 0 Å². The number of rotatable bonds is 4. The van der Waals surface area contributed by atoms with Crippen LogP contribution in [-0.2, 0) is 19.6 Å². The molecule has 108 valence electrons. The van der Waals surface area contributed by atoms with Crippen LogP contribution in [0.5, 0.6) is 0 Å². The zero-order chi connectivity index (χ0) is 13.7. The van der Waals surface area contributed by atoms with Crippen molar-refractivity contribution in [1.82, 2.24) is 0 Å². The second kappa shape index (κ2) is 4.45. The van der Waals surface area contributed by atoms with Crippen molar-refractivity contribution in [2.24, 2.45) is 17.8 Å². The highest BCUT2D eigenvalue weighted by atomic mass is 32.2. The zero-order valence-corrected chi connectivity index (χ0v) is 11.7. The first kappa shape index (κ1) is 13.4. The summed E-state index contributed by atoms with van der Waals surface area (Å²) in [5, 5.41) is 0. The summed E-state index contributed by atoms with van der Waals surface area (Å²) in [6.07, 6.45) is 6.37. The Balaban J connectivity index is 1.61. The first-order valence-electron chi connectivity index (χ1n) is 7.01. The van der Waals surface area contributed by atoms with Gasteiger partial charge in [0.15, 0.2) is 0 Å². The highest BCUT2D eigenvalue weighted by Crippen LogP contribution is 2.57. The SMILES string of the molecule is O=C(CCS(=O)(=O)O)OC12CC3CC(CC(C3)C1)C2. The number of esters is 1. The van der Waals surface area contributed by atoms with E-state index in [0.717, 1.165) is 19.3 Å². The number of hydrogen-bond donors (Lipinski definition) is 1. The normalized spacial score (nSPS) is 40.4. The number of carbonyl (C=O) groups is 1. The van der Waals surface area contributed by atoms with Gasteiger partial charge in [0.25, 0.3) is 10.1 Å². The van der Waals surface area contributed by atoms with E-state index in [1.54, 1.807) is 0 Å². The molecule has 0 atom stereocenters. The Morgan fingerprint density at radius 1 is 1.11 bits per heavy atom. The lowest BCUT2D eigenvalue weighted by atomic mass is 9.54. The molecule has 1 N–H and O–H groups in total. The molecule has 0 radical (unpaired) electrons. The molecule has 0 heterocycles. The summed E-state index contributed by atoms with van der Waals surface area (Å²) in [5.41, 5.74) is -0.328. The maximum atomic E-state index is 11.8. The summed E-state index contributed by atoms with van der Waals surface area (Å²) in [5.74, 6) is 1.01. The summed E-state index contributed by atoms with van der Waals surface area (Å²) >= 11 is 0. The standard InChI is InChI=1S/C13H20O5S/c14-12(1-2-19(15,16)17)18-13-6-9-3-10(7-13)5-11(4-9)8-13/h9-11H,1-8H2,(H,15,16,17). The van der Waals surface area contributed by atoms with Gasteiger partial charge < -0.3 is 4.74 Å². The lowest BCUT2D eigenvalue weighted by molar-refractivity contribution is -0.186. The van der Waals surface area contributed by atoms with Gasteiger partial charge in [-0.25, -0.2) is 0 Å². The van der Waals surface area contributed by atoms with Crippen LogP contribution in [-0.4, -0.2) is 30.3 Å². The molecule has 4 aliphatic rings. The van der Waals surface area contributed by atoms with Gasteiger partial charge in [-0.1, -0.05) is 0 Å². The fraction of sp³-hybridized carbons (Fsp3) is 0.923. The molecule has 0 aromatic carbocycles. The van der Waals surface area contributed by atoms with Gasteiger partial charge in [-0.15, -0.1) is 0 Å². The quantitative estimate of drug-likeness (QED) is 0.630. The third-order valence-corrected chi connectivity index (χ3v) is 5.60. The molecule has 4 rings (SSSR count). The molecule has 0 aromatic rings. The molecular weight excluding hydrogens is 268 g/mol. The van der Waals surface area contributed by atoms with Gasteiger partial charge in [-0.3, -0.25) is 9.35 Å². The molecule has 0 unspecified atom stereocenters. The Morgan fingerprint density at radius 2 is 1.58 bits per heavy atom. The maximum absolute atomic E-state index is 11.8. The molecule has 4 fully saturated rings. The molecule has 4 bridgehead atoms. The van der Waals surface area contributed by atoms with Crippen LogP contribution in [0.3, 0.4) is 0 Å². The topological polar surface area (TPSA) is 80.7 Å². The summed E-state index contributed by atoms with van der Waals surface area (Å²) in [4.78, 5) is 11.8. The lowest BCUT2D eigenvalue weighted by Gasteiger charge is -2.55. The predicted octanol–water partition coefficient (Wildman–Crippen LogP) is 1.78. The van der Waals surface area contributed by atoms with E-state index < -0.39 is 21.8 Å². The fourth-order valence-corrected chi connectivity index (χ4v) is 5.09. The Labute approximate surface area is 113 Å². The van der Waals surface area contributed by atoms with Crippen LogP contribution in [0.25, 0.3) is 0 Å². The molecule has 19 heavy (non-hydrogen) atoms. The van der Waals surface area contributed by atoms with Crippen molar-refractivity contribution in [3.8, 4) is 0 Å². The van der Waals surface area contributed by atoms with Crippen molar-refractivity contribution < 1.29 is 22.5 Å². The van der Waals surface area contributed by atoms with Crippen LogP contribution in [0.2, 0.25) is 0 Å². The second-order valence-electron chi connectivity index (χ2n) is 6.61. The summed E-state index contributed by atoms with van der Waals surface area (Å²) < 4.78 is 35.6. The van der Waals surface area contributed by atoms with E-state index in [9.17, 15) is 13.2 Å². The monoisotopic (exact) mass is 288 g/mol. The van der Waals surface area contributed by atoms with Gasteiger partial charge in [0.1, 0.15) is 5.60 Å². The highest BCUT2D eigenvalue weighted by molar-refractivity contribution is 7.85. The predicted molar refractivity (Wildman–Crippen MR) is 68.0 cm³/mol. The van der Waals surface area contributed by atoms with E-state index >= 15 is 0 Å². The van der Waals surface area contributed by atoms with Crippen LogP contribution in [0.1, 0.15) is 44.9 Å². The Hall–Kier alpha value is -0.620. The van der Waals surface area contributed by atoms with Gasteiger partial charge in [-0.2, -0.15) is 8.42 Å². The van der Waals surface area contributed by atoms with E-state index in [4.69, 9.17) is 9.29 Å². The molecule has 5 nitrogen and oxygen atoms in total. The second-order valence-corrected chi connectivity index (χ2v) is 8.18. The van der Waals surface area contributed by atoms with Crippen molar-refractivity contribution >= 4 is 16.1 Å². The Morgan fingerprint density at radius 3 is 2.00 bits per heavy atom. The molecule has 0 aliphatic heterocycles. The Bertz CT molecular complexity index is 446. The lowest BCUT2D eigenvalue weighted by Crippen LogP contribution is -2.52. The smallest absolute Gasteiger partial charge is 0.307 e. The van der Waals surface area contributed by atoms with E-state index in [1.807, 2.05) is 0 Å². The van der Waals surface area contributed by atoms with Crippen molar-refractivity contribution in [1.29, 1.82) is 0 Å². The van der Waals surface area contributed by atoms with Gasteiger partial charge in [0.05, 0.1) is 12.2 Å². The Kier molecular flexibility index (Phi) is 3.13. The summed E-state index contributed by atoms with van der Waals surface area (Å²) in [6, 6.07) is 0. The molecule has 4 aliphatic carbocycles. The summed E-state index contributed by atoms with van der Waals surface area (Å²) in [6.45, 7) is 0. The van der Waals surface area contributed by atoms with Crippen LogP contribution >= 0.6 is 0 Å². The number of hydrogen-bond acceptors (Lipinski definition) is 4. The maximum Gasteiger partial charge on any atom is 0.307 e. The molecule has 0 amide bonds. The number of ether oxygens (including phenoxy) is 1. The van der Waals surface area contributed by atoms with Crippen molar-refractivity contribution in [2.75, 3.05) is 5.75 Å². The highest BCUT2D eigenvalue weighted by Gasteiger charge is 2.53. The minimum absolute atomic E-state index is 0.249. The molecule has 0 spiro atoms. The van der Waals surface area contributed by atoms with E-state index in [1.165, 1.54) is 19.3 Å². The molecule has 0 aromatic heterocycles. The molecule has 0 saturated heterocycles. The van der Waals surface area contributed by atoms with Gasteiger partial charge in [0, 0.05) is 0 Å². The van der Waals surface area contributed by atoms with Crippen LogP contribution < -0.4 is 0 Å². The fourth-order valence-electron chi connectivity index (χ4n) is 4.66. The van der Waals surface area contributed by atoms with Gasteiger partial charge in [-0.05, 0) is 56.3 Å². The average molecular weight is 288 g/mol. The van der Waals surface area contributed by atoms with Crippen LogP contribution in [0.4, 0.5) is 0 Å². The van der Waals surface area contributed by atoms with Crippen LogP contribution in [0, 0.1) is 17.8 Å². The zero-order valence-electron chi connectivity index (χ0n) is 10.9. The first-order chi connectivity index (χ1) is 8.84. The third kappa shape index (κ3) is 2.94. The van der Waals surface area contributed by atoms with Crippen molar-refractivity contribution in [3.05, 3.63) is 0 Å². The minimum atomic E-state index is -4.09. The first-order valence-corrected chi connectivity index (χ1v) is 8.61. The molecule has 4 saturated carbocycles.